The highest BCUT2D eigenvalue weighted by atomic mass is 32.1. The van der Waals surface area contributed by atoms with Gasteiger partial charge in [-0.3, -0.25) is 9.89 Å². The molecule has 3 aromatic rings. The zero-order valence-corrected chi connectivity index (χ0v) is 13.1. The third-order valence-electron chi connectivity index (χ3n) is 3.11. The molecule has 0 aliphatic carbocycles. The molecule has 2 heterocycles. The molecule has 0 bridgehead atoms. The monoisotopic (exact) mass is 326 g/mol. The van der Waals surface area contributed by atoms with Crippen LogP contribution in [-0.4, -0.2) is 29.4 Å². The van der Waals surface area contributed by atoms with Gasteiger partial charge in [0.05, 0.1) is 19.0 Å². The Kier molecular flexibility index (Phi) is 4.49. The predicted octanol–water partition coefficient (Wildman–Crippen LogP) is 2.91. The van der Waals surface area contributed by atoms with Gasteiger partial charge in [0.1, 0.15) is 11.4 Å². The van der Waals surface area contributed by atoms with Gasteiger partial charge in [0, 0.05) is 10.4 Å². The van der Waals surface area contributed by atoms with Gasteiger partial charge in [-0.2, -0.15) is 10.2 Å². The summed E-state index contributed by atoms with van der Waals surface area (Å²) in [6.07, 6.45) is 1.60. The molecule has 0 unspecified atom stereocenters. The van der Waals surface area contributed by atoms with Gasteiger partial charge in [-0.1, -0.05) is 18.2 Å². The van der Waals surface area contributed by atoms with E-state index in [4.69, 9.17) is 4.74 Å². The summed E-state index contributed by atoms with van der Waals surface area (Å²) >= 11 is 1.54. The van der Waals surface area contributed by atoms with Crippen molar-refractivity contribution in [1.29, 1.82) is 0 Å². The van der Waals surface area contributed by atoms with Crippen LogP contribution >= 0.6 is 11.3 Å². The van der Waals surface area contributed by atoms with Gasteiger partial charge in [0.15, 0.2) is 0 Å². The molecule has 7 heteroatoms. The van der Waals surface area contributed by atoms with Crippen LogP contribution in [0.2, 0.25) is 0 Å². The lowest BCUT2D eigenvalue weighted by molar-refractivity contribution is 0.0950. The van der Waals surface area contributed by atoms with Gasteiger partial charge >= 0.3 is 0 Å². The zero-order chi connectivity index (χ0) is 16.1. The average molecular weight is 326 g/mol. The number of hydrogen-bond acceptors (Lipinski definition) is 5. The number of aromatic amines is 1. The Morgan fingerprint density at radius 3 is 3.00 bits per heavy atom. The summed E-state index contributed by atoms with van der Waals surface area (Å²) in [5.41, 5.74) is 4.24. The fourth-order valence-electron chi connectivity index (χ4n) is 2.01. The average Bonchev–Trinajstić information content (AvgIpc) is 3.26. The normalized spacial score (nSPS) is 10.8. The molecule has 0 aliphatic rings. The fraction of sp³-hybridized carbons (Fsp3) is 0.0625. The smallest absolute Gasteiger partial charge is 0.289 e. The first-order valence-electron chi connectivity index (χ1n) is 6.83. The van der Waals surface area contributed by atoms with E-state index in [0.717, 1.165) is 10.4 Å². The number of hydrogen-bond donors (Lipinski definition) is 2. The molecule has 0 radical (unpaired) electrons. The summed E-state index contributed by atoms with van der Waals surface area (Å²) in [4.78, 5) is 13.0. The van der Waals surface area contributed by atoms with Crippen LogP contribution in [0.4, 0.5) is 0 Å². The topological polar surface area (TPSA) is 79.4 Å². The van der Waals surface area contributed by atoms with Crippen LogP contribution in [0.25, 0.3) is 11.3 Å². The Hall–Kier alpha value is -2.93. The first-order chi connectivity index (χ1) is 11.3. The van der Waals surface area contributed by atoms with E-state index in [0.29, 0.717) is 17.1 Å². The fourth-order valence-corrected chi connectivity index (χ4v) is 2.60. The number of para-hydroxylation sites is 1. The summed E-state index contributed by atoms with van der Waals surface area (Å²) < 4.78 is 5.30. The zero-order valence-electron chi connectivity index (χ0n) is 12.3. The van der Waals surface area contributed by atoms with Gasteiger partial charge < -0.3 is 4.74 Å². The van der Waals surface area contributed by atoms with Crippen molar-refractivity contribution in [1.82, 2.24) is 15.6 Å². The molecule has 0 saturated carbocycles. The molecule has 0 saturated heterocycles. The van der Waals surface area contributed by atoms with Crippen LogP contribution in [0.1, 0.15) is 15.4 Å². The minimum Gasteiger partial charge on any atom is -0.496 e. The van der Waals surface area contributed by atoms with Crippen molar-refractivity contribution in [3.05, 3.63) is 58.4 Å². The molecule has 1 aromatic carbocycles. The number of nitrogens with zero attached hydrogens (tertiary/aromatic N) is 2. The maximum absolute atomic E-state index is 12.0. The number of thiophene rings is 1. The van der Waals surface area contributed by atoms with E-state index in [1.165, 1.54) is 0 Å². The second kappa shape index (κ2) is 6.89. The standard InChI is InChI=1S/C16H14N4O2S/c1-22-15-7-3-2-6-12(15)13-9-14(19-18-13)16(21)20-17-10-11-5-4-8-23-11/h2-10H,1H3,(H,18,19)(H,20,21)/b17-10+. The van der Waals surface area contributed by atoms with Crippen LogP contribution in [0.15, 0.2) is 52.9 Å². The Morgan fingerprint density at radius 1 is 1.35 bits per heavy atom. The van der Waals surface area contributed by atoms with Crippen molar-refractivity contribution >= 4 is 23.5 Å². The van der Waals surface area contributed by atoms with Crippen LogP contribution in [-0.2, 0) is 0 Å². The van der Waals surface area contributed by atoms with Gasteiger partial charge in [0.2, 0.25) is 0 Å². The van der Waals surface area contributed by atoms with Crippen molar-refractivity contribution in [2.75, 3.05) is 7.11 Å². The first-order valence-corrected chi connectivity index (χ1v) is 7.71. The van der Waals surface area contributed by atoms with Crippen molar-refractivity contribution in [3.8, 4) is 17.0 Å². The van der Waals surface area contributed by atoms with Gasteiger partial charge in [-0.25, -0.2) is 5.43 Å². The lowest BCUT2D eigenvalue weighted by Gasteiger charge is -2.04. The van der Waals surface area contributed by atoms with E-state index >= 15 is 0 Å². The third-order valence-corrected chi connectivity index (χ3v) is 3.91. The number of carbonyl (C=O) groups excluding carboxylic acids is 1. The van der Waals surface area contributed by atoms with E-state index < -0.39 is 0 Å². The van der Waals surface area contributed by atoms with E-state index in [1.807, 2.05) is 41.8 Å². The Morgan fingerprint density at radius 2 is 2.22 bits per heavy atom. The lowest BCUT2D eigenvalue weighted by atomic mass is 10.1. The van der Waals surface area contributed by atoms with Crippen molar-refractivity contribution in [2.45, 2.75) is 0 Å². The summed E-state index contributed by atoms with van der Waals surface area (Å²) in [5, 5.41) is 12.7. The van der Waals surface area contributed by atoms with Crippen molar-refractivity contribution in [2.24, 2.45) is 5.10 Å². The van der Waals surface area contributed by atoms with E-state index in [9.17, 15) is 4.79 Å². The molecular formula is C16H14N4O2S. The second-order valence-electron chi connectivity index (χ2n) is 4.58. The number of ether oxygens (including phenoxy) is 1. The highest BCUT2D eigenvalue weighted by molar-refractivity contribution is 7.11. The molecule has 23 heavy (non-hydrogen) atoms. The van der Waals surface area contributed by atoms with Crippen molar-refractivity contribution < 1.29 is 9.53 Å². The molecule has 0 aliphatic heterocycles. The van der Waals surface area contributed by atoms with Gasteiger partial charge in [-0.15, -0.1) is 11.3 Å². The van der Waals surface area contributed by atoms with Crippen molar-refractivity contribution in [3.63, 3.8) is 0 Å². The number of nitrogens with one attached hydrogen (secondary N) is 2. The Balaban J connectivity index is 1.72. The second-order valence-corrected chi connectivity index (χ2v) is 5.56. The summed E-state index contributed by atoms with van der Waals surface area (Å²) in [6, 6.07) is 13.0. The number of benzene rings is 1. The van der Waals surface area contributed by atoms with E-state index in [1.54, 1.807) is 30.7 Å². The Bertz CT molecular complexity index is 824. The number of aromatic nitrogens is 2. The van der Waals surface area contributed by atoms with Crippen LogP contribution in [0.3, 0.4) is 0 Å². The maximum atomic E-state index is 12.0. The highest BCUT2D eigenvalue weighted by Crippen LogP contribution is 2.28. The van der Waals surface area contributed by atoms with Crippen LogP contribution in [0, 0.1) is 0 Å². The van der Waals surface area contributed by atoms with E-state index in [2.05, 4.69) is 20.7 Å². The number of hydrazone groups is 1. The predicted molar refractivity (Wildman–Crippen MR) is 90.0 cm³/mol. The lowest BCUT2D eigenvalue weighted by Crippen LogP contribution is -2.17. The number of amides is 1. The highest BCUT2D eigenvalue weighted by Gasteiger charge is 2.13. The number of rotatable bonds is 5. The first kappa shape index (κ1) is 15.0. The molecular weight excluding hydrogens is 312 g/mol. The largest absolute Gasteiger partial charge is 0.496 e. The molecule has 2 aromatic heterocycles. The van der Waals surface area contributed by atoms with Crippen LogP contribution < -0.4 is 10.2 Å². The summed E-state index contributed by atoms with van der Waals surface area (Å²) in [6.45, 7) is 0. The summed E-state index contributed by atoms with van der Waals surface area (Å²) in [7, 11) is 1.60. The van der Waals surface area contributed by atoms with Crippen LogP contribution in [0.5, 0.6) is 5.75 Å². The number of methoxy groups -OCH3 is 1. The molecule has 0 fully saturated rings. The minimum absolute atomic E-state index is 0.328. The third kappa shape index (κ3) is 3.46. The maximum Gasteiger partial charge on any atom is 0.289 e. The molecule has 3 rings (SSSR count). The molecule has 116 valence electrons. The number of carbonyl (C=O) groups is 1. The van der Waals surface area contributed by atoms with E-state index in [-0.39, 0.29) is 5.91 Å². The van der Waals surface area contributed by atoms with Gasteiger partial charge in [-0.05, 0) is 29.6 Å². The molecule has 2 N–H and O–H groups in total. The number of H-pyrrole nitrogens is 1. The Labute approximate surface area is 136 Å². The molecule has 6 nitrogen and oxygen atoms in total. The molecule has 0 spiro atoms. The minimum atomic E-state index is -0.355. The van der Waals surface area contributed by atoms with Gasteiger partial charge in [0.25, 0.3) is 5.91 Å². The molecule has 1 amide bonds. The summed E-state index contributed by atoms with van der Waals surface area (Å²) in [5.74, 6) is 0.341. The molecule has 0 atom stereocenters. The quantitative estimate of drug-likeness (QED) is 0.559. The SMILES string of the molecule is COc1ccccc1-c1cc(C(=O)N/N=C/c2cccs2)[nH]n1.